The molecule has 1 saturated heterocycles. The number of likely N-dealkylation sites (N-methyl/N-ethyl adjacent to an activating group) is 1. The highest BCUT2D eigenvalue weighted by Gasteiger charge is 2.28. The number of hydrogen-bond acceptors (Lipinski definition) is 4. The molecule has 1 aromatic heterocycles. The lowest BCUT2D eigenvalue weighted by Crippen LogP contribution is -2.48. The molecule has 1 aliphatic heterocycles. The van der Waals surface area contributed by atoms with Crippen LogP contribution in [0.1, 0.15) is 26.0 Å². The summed E-state index contributed by atoms with van der Waals surface area (Å²) >= 11 is 0. The second-order valence-corrected chi connectivity index (χ2v) is 7.38. The molecular weight excluding hydrogens is 356 g/mol. The first-order chi connectivity index (χ1) is 13.4. The number of aromatic nitrogens is 1. The van der Waals surface area contributed by atoms with Crippen LogP contribution in [0.2, 0.25) is 0 Å². The molecule has 8 nitrogen and oxygen atoms in total. The van der Waals surface area contributed by atoms with E-state index in [2.05, 4.69) is 20.6 Å². The average molecular weight is 389 g/mol. The Hall–Kier alpha value is -2.64. The zero-order valence-corrected chi connectivity index (χ0v) is 17.3. The maximum Gasteiger partial charge on any atom is 0.241 e. The van der Waals surface area contributed by atoms with Crippen LogP contribution in [0.15, 0.2) is 29.4 Å². The fourth-order valence-electron chi connectivity index (χ4n) is 3.08. The van der Waals surface area contributed by atoms with Crippen molar-refractivity contribution in [2.45, 2.75) is 32.7 Å². The van der Waals surface area contributed by atoms with Gasteiger partial charge in [0.05, 0.1) is 6.54 Å². The van der Waals surface area contributed by atoms with Crippen LogP contribution in [-0.2, 0) is 16.0 Å². The van der Waals surface area contributed by atoms with E-state index in [0.717, 1.165) is 25.1 Å². The fourth-order valence-corrected chi connectivity index (χ4v) is 3.08. The van der Waals surface area contributed by atoms with Crippen LogP contribution in [0, 0.1) is 5.92 Å². The largest absolute Gasteiger partial charge is 0.352 e. The number of carbonyl (C=O) groups excluding carboxylic acids is 2. The van der Waals surface area contributed by atoms with Crippen molar-refractivity contribution in [1.29, 1.82) is 0 Å². The van der Waals surface area contributed by atoms with Gasteiger partial charge in [0, 0.05) is 64.0 Å². The number of amides is 2. The Balaban J connectivity index is 1.72. The van der Waals surface area contributed by atoms with Gasteiger partial charge in [0.25, 0.3) is 0 Å². The summed E-state index contributed by atoms with van der Waals surface area (Å²) in [6.07, 6.45) is 3.35. The number of carbonyl (C=O) groups is 2. The van der Waals surface area contributed by atoms with Crippen LogP contribution in [0.25, 0.3) is 0 Å². The molecule has 28 heavy (non-hydrogen) atoms. The smallest absolute Gasteiger partial charge is 0.241 e. The first-order valence-corrected chi connectivity index (χ1v) is 9.80. The minimum Gasteiger partial charge on any atom is -0.352 e. The van der Waals surface area contributed by atoms with Crippen molar-refractivity contribution in [1.82, 2.24) is 25.4 Å². The summed E-state index contributed by atoms with van der Waals surface area (Å²) in [5, 5.41) is 6.38. The van der Waals surface area contributed by atoms with Gasteiger partial charge in [-0.15, -0.1) is 0 Å². The van der Waals surface area contributed by atoms with Gasteiger partial charge in [0.15, 0.2) is 5.96 Å². The second kappa shape index (κ2) is 10.6. The van der Waals surface area contributed by atoms with Crippen molar-refractivity contribution in [3.63, 3.8) is 0 Å². The van der Waals surface area contributed by atoms with Crippen LogP contribution < -0.4 is 10.6 Å². The molecule has 0 aromatic carbocycles. The van der Waals surface area contributed by atoms with Crippen LogP contribution in [0.4, 0.5) is 0 Å². The summed E-state index contributed by atoms with van der Waals surface area (Å²) < 4.78 is 0. The van der Waals surface area contributed by atoms with Gasteiger partial charge in [0.2, 0.25) is 11.8 Å². The molecule has 0 aliphatic carbocycles. The SMILES string of the molecule is CN=C(NCC(=O)N(C)CCc1ccccn1)NC1CCN(C(=O)C(C)C)C1. The maximum absolute atomic E-state index is 12.3. The number of aliphatic imine (C=N–C) groups is 1. The predicted molar refractivity (Wildman–Crippen MR) is 110 cm³/mol. The van der Waals surface area contributed by atoms with Gasteiger partial charge < -0.3 is 20.4 Å². The monoisotopic (exact) mass is 388 g/mol. The highest BCUT2D eigenvalue weighted by molar-refractivity contribution is 5.86. The van der Waals surface area contributed by atoms with Gasteiger partial charge in [-0.1, -0.05) is 19.9 Å². The van der Waals surface area contributed by atoms with E-state index in [1.165, 1.54) is 0 Å². The molecule has 154 valence electrons. The number of hydrogen-bond donors (Lipinski definition) is 2. The molecule has 0 spiro atoms. The van der Waals surface area contributed by atoms with Gasteiger partial charge in [-0.3, -0.25) is 19.6 Å². The van der Waals surface area contributed by atoms with E-state index in [9.17, 15) is 9.59 Å². The molecule has 1 atom stereocenters. The molecule has 0 radical (unpaired) electrons. The van der Waals surface area contributed by atoms with Crippen molar-refractivity contribution in [3.8, 4) is 0 Å². The summed E-state index contributed by atoms with van der Waals surface area (Å²) in [6.45, 7) is 6.02. The van der Waals surface area contributed by atoms with Crippen molar-refractivity contribution in [3.05, 3.63) is 30.1 Å². The van der Waals surface area contributed by atoms with Crippen molar-refractivity contribution in [2.75, 3.05) is 40.3 Å². The Bertz CT molecular complexity index is 677. The third kappa shape index (κ3) is 6.51. The number of nitrogens with one attached hydrogen (secondary N) is 2. The van der Waals surface area contributed by atoms with Gasteiger partial charge in [-0.25, -0.2) is 0 Å². The molecule has 1 fully saturated rings. The highest BCUT2D eigenvalue weighted by atomic mass is 16.2. The number of likely N-dealkylation sites (tertiary alicyclic amines) is 1. The van der Waals surface area contributed by atoms with Gasteiger partial charge in [-0.05, 0) is 18.6 Å². The molecule has 0 saturated carbocycles. The molecule has 2 amide bonds. The number of rotatable bonds is 7. The predicted octanol–water partition coefficient (Wildman–Crippen LogP) is 0.504. The number of pyridine rings is 1. The average Bonchev–Trinajstić information content (AvgIpc) is 3.17. The Morgan fingerprint density at radius 1 is 1.39 bits per heavy atom. The normalized spacial score (nSPS) is 17.0. The van der Waals surface area contributed by atoms with E-state index in [4.69, 9.17) is 0 Å². The van der Waals surface area contributed by atoms with Crippen LogP contribution in [0.5, 0.6) is 0 Å². The lowest BCUT2D eigenvalue weighted by molar-refractivity contribution is -0.133. The number of guanidine groups is 1. The summed E-state index contributed by atoms with van der Waals surface area (Å²) in [7, 11) is 3.46. The summed E-state index contributed by atoms with van der Waals surface area (Å²) in [5.74, 6) is 0.754. The third-order valence-electron chi connectivity index (χ3n) is 4.82. The van der Waals surface area contributed by atoms with Gasteiger partial charge in [-0.2, -0.15) is 0 Å². The molecule has 1 aromatic rings. The second-order valence-electron chi connectivity index (χ2n) is 7.38. The Kier molecular flexibility index (Phi) is 8.22. The number of nitrogens with zero attached hydrogens (tertiary/aromatic N) is 4. The van der Waals surface area contributed by atoms with Crippen LogP contribution >= 0.6 is 0 Å². The fraction of sp³-hybridized carbons (Fsp3) is 0.600. The molecule has 1 unspecified atom stereocenters. The molecule has 8 heteroatoms. The van der Waals surface area contributed by atoms with Crippen molar-refractivity contribution >= 4 is 17.8 Å². The minimum atomic E-state index is -0.0121. The molecule has 1 aliphatic rings. The van der Waals surface area contributed by atoms with E-state index < -0.39 is 0 Å². The highest BCUT2D eigenvalue weighted by Crippen LogP contribution is 2.12. The van der Waals surface area contributed by atoms with Crippen LogP contribution in [-0.4, -0.2) is 78.9 Å². The molecule has 2 N–H and O–H groups in total. The summed E-state index contributed by atoms with van der Waals surface area (Å²) in [5.41, 5.74) is 0.967. The van der Waals surface area contributed by atoms with E-state index in [-0.39, 0.29) is 30.3 Å². The van der Waals surface area contributed by atoms with Gasteiger partial charge in [0.1, 0.15) is 0 Å². The summed E-state index contributed by atoms with van der Waals surface area (Å²) in [4.78, 5) is 36.5. The standard InChI is InChI=1S/C20H32N6O2/c1-15(2)19(28)26-12-9-17(14-26)24-20(21-3)23-13-18(27)25(4)11-8-16-7-5-6-10-22-16/h5-7,10,15,17H,8-9,11-14H2,1-4H3,(H2,21,23,24). The Morgan fingerprint density at radius 3 is 2.82 bits per heavy atom. The Morgan fingerprint density at radius 2 is 2.18 bits per heavy atom. The zero-order valence-electron chi connectivity index (χ0n) is 17.3. The maximum atomic E-state index is 12.3. The van der Waals surface area contributed by atoms with Crippen molar-refractivity contribution < 1.29 is 9.59 Å². The zero-order chi connectivity index (χ0) is 20.5. The summed E-state index contributed by atoms with van der Waals surface area (Å²) in [6, 6.07) is 5.92. The van der Waals surface area contributed by atoms with E-state index in [0.29, 0.717) is 19.0 Å². The topological polar surface area (TPSA) is 89.9 Å². The minimum absolute atomic E-state index is 0.00966. The molecule has 2 heterocycles. The Labute approximate surface area is 167 Å². The quantitative estimate of drug-likeness (QED) is 0.525. The van der Waals surface area contributed by atoms with Crippen molar-refractivity contribution in [2.24, 2.45) is 10.9 Å². The lowest BCUT2D eigenvalue weighted by Gasteiger charge is -2.21. The first-order valence-electron chi connectivity index (χ1n) is 9.80. The molecule has 0 bridgehead atoms. The van der Waals surface area contributed by atoms with Gasteiger partial charge >= 0.3 is 0 Å². The van der Waals surface area contributed by atoms with E-state index in [1.54, 1.807) is 25.2 Å². The lowest BCUT2D eigenvalue weighted by atomic mass is 10.2. The molecule has 2 rings (SSSR count). The first kappa shape index (κ1) is 21.7. The third-order valence-corrected chi connectivity index (χ3v) is 4.82. The van der Waals surface area contributed by atoms with E-state index >= 15 is 0 Å². The molecular formula is C20H32N6O2. The van der Waals surface area contributed by atoms with Crippen LogP contribution in [0.3, 0.4) is 0 Å². The van der Waals surface area contributed by atoms with E-state index in [1.807, 2.05) is 36.9 Å².